The van der Waals surface area contributed by atoms with Gasteiger partial charge >= 0.3 is 12.1 Å². The van der Waals surface area contributed by atoms with Gasteiger partial charge in [0.1, 0.15) is 12.1 Å². The summed E-state index contributed by atoms with van der Waals surface area (Å²) in [5, 5.41) is 0.0136. The molecule has 1 amide bonds. The minimum Gasteiger partial charge on any atom is -0.488 e. The van der Waals surface area contributed by atoms with Gasteiger partial charge in [-0.05, 0) is 72.7 Å². The van der Waals surface area contributed by atoms with Gasteiger partial charge in [-0.15, -0.1) is 0 Å². The number of hydrogen-bond acceptors (Lipinski definition) is 5. The summed E-state index contributed by atoms with van der Waals surface area (Å²) in [6.45, 7) is -0.105. The Labute approximate surface area is 265 Å². The van der Waals surface area contributed by atoms with Crippen molar-refractivity contribution in [3.8, 4) is 5.75 Å². The number of carbonyl (C=O) groups is 2. The van der Waals surface area contributed by atoms with Gasteiger partial charge in [0.05, 0.1) is 18.1 Å². The number of nitrogens with two attached hydrogens (primary N) is 1. The van der Waals surface area contributed by atoms with Gasteiger partial charge in [0, 0.05) is 23.7 Å². The van der Waals surface area contributed by atoms with Crippen molar-refractivity contribution in [2.75, 3.05) is 19.7 Å². The summed E-state index contributed by atoms with van der Waals surface area (Å²) in [4.78, 5) is 27.5. The Morgan fingerprint density at radius 2 is 1.70 bits per heavy atom. The fourth-order valence-corrected chi connectivity index (χ4v) is 5.69. The van der Waals surface area contributed by atoms with Crippen LogP contribution in [-0.4, -0.2) is 42.0 Å². The molecule has 6 nitrogen and oxygen atoms in total. The molecular weight excluding hydrogens is 638 g/mol. The molecule has 1 unspecified atom stereocenters. The predicted molar refractivity (Wildman–Crippen MR) is 157 cm³/mol. The smallest absolute Gasteiger partial charge is 0.416 e. The normalized spacial score (nSPS) is 17.7. The predicted octanol–water partition coefficient (Wildman–Crippen LogP) is 6.86. The van der Waals surface area contributed by atoms with Crippen LogP contribution in [0.3, 0.4) is 0 Å². The van der Waals surface area contributed by atoms with Gasteiger partial charge in [-0.25, -0.2) is 8.78 Å². The zero-order chi connectivity index (χ0) is 33.2. The molecule has 0 radical (unpaired) electrons. The number of aryl methyl sites for hydroxylation is 1. The van der Waals surface area contributed by atoms with E-state index in [4.69, 9.17) is 26.8 Å². The summed E-state index contributed by atoms with van der Waals surface area (Å²) < 4.78 is 91.3. The minimum atomic E-state index is -4.60. The van der Waals surface area contributed by atoms with Gasteiger partial charge in [0.15, 0.2) is 17.4 Å². The van der Waals surface area contributed by atoms with Crippen LogP contribution < -0.4 is 10.5 Å². The van der Waals surface area contributed by atoms with Crippen molar-refractivity contribution in [2.45, 2.75) is 44.0 Å². The van der Waals surface area contributed by atoms with Gasteiger partial charge in [0.25, 0.3) is 0 Å². The van der Waals surface area contributed by atoms with Crippen LogP contribution >= 0.6 is 11.6 Å². The molecule has 3 aromatic rings. The van der Waals surface area contributed by atoms with Crippen LogP contribution in [0.15, 0.2) is 60.7 Å². The lowest BCUT2D eigenvalue weighted by molar-refractivity contribution is -0.149. The summed E-state index contributed by atoms with van der Waals surface area (Å²) in [6, 6.07) is 11.4. The first-order valence-corrected chi connectivity index (χ1v) is 14.8. The second kappa shape index (κ2) is 13.4. The van der Waals surface area contributed by atoms with Crippen LogP contribution in [0.25, 0.3) is 5.57 Å². The molecule has 0 spiro atoms. The number of rotatable bonds is 11. The molecule has 0 bridgehead atoms. The molecule has 5 rings (SSSR count). The number of benzene rings is 3. The van der Waals surface area contributed by atoms with Crippen LogP contribution in [0.1, 0.15) is 41.5 Å². The third kappa shape index (κ3) is 7.18. The minimum absolute atomic E-state index is 0.00459. The molecule has 13 heteroatoms. The number of nitrogens with zero attached hydrogens (tertiary/aromatic N) is 1. The summed E-state index contributed by atoms with van der Waals surface area (Å²) in [5.41, 5.74) is 6.02. The maximum atomic E-state index is 13.8. The first-order chi connectivity index (χ1) is 21.8. The lowest BCUT2D eigenvalue weighted by atomic mass is 9.87. The van der Waals surface area contributed by atoms with Crippen molar-refractivity contribution < 1.29 is 45.4 Å². The Morgan fingerprint density at radius 3 is 2.35 bits per heavy atom. The number of primary amides is 1. The van der Waals surface area contributed by atoms with E-state index in [0.29, 0.717) is 49.4 Å². The number of amides is 1. The van der Waals surface area contributed by atoms with Crippen LogP contribution in [0.5, 0.6) is 5.75 Å². The van der Waals surface area contributed by atoms with E-state index in [1.165, 1.54) is 0 Å². The summed E-state index contributed by atoms with van der Waals surface area (Å²) >= 11 is 6.09. The molecule has 0 aromatic heterocycles. The summed E-state index contributed by atoms with van der Waals surface area (Å²) in [6.07, 6.45) is -0.869. The monoisotopic (exact) mass is 666 g/mol. The number of halogens is 7. The van der Waals surface area contributed by atoms with E-state index < -0.39 is 64.9 Å². The van der Waals surface area contributed by atoms with Crippen LogP contribution in [0.4, 0.5) is 26.3 Å². The number of esters is 1. The molecule has 0 saturated heterocycles. The first kappa shape index (κ1) is 33.3. The van der Waals surface area contributed by atoms with Gasteiger partial charge in [0.2, 0.25) is 11.7 Å². The number of alkyl halides is 3. The second-order valence-corrected chi connectivity index (χ2v) is 11.7. The molecule has 1 aliphatic heterocycles. The van der Waals surface area contributed by atoms with E-state index in [1.807, 2.05) is 17.0 Å². The van der Waals surface area contributed by atoms with Crippen molar-refractivity contribution in [1.82, 2.24) is 4.90 Å². The Bertz CT molecular complexity index is 1660. The highest BCUT2D eigenvalue weighted by Gasteiger charge is 2.54. The molecule has 2 aliphatic rings. The van der Waals surface area contributed by atoms with E-state index in [0.717, 1.165) is 29.8 Å². The molecule has 1 atom stereocenters. The van der Waals surface area contributed by atoms with E-state index in [9.17, 15) is 35.9 Å². The van der Waals surface area contributed by atoms with Crippen molar-refractivity contribution in [3.63, 3.8) is 0 Å². The maximum Gasteiger partial charge on any atom is 0.416 e. The van der Waals surface area contributed by atoms with E-state index in [-0.39, 0.29) is 23.7 Å². The van der Waals surface area contributed by atoms with Crippen LogP contribution in [0, 0.1) is 23.4 Å². The fraction of sp³-hybridized carbons (Fsp3) is 0.333. The highest BCUT2D eigenvalue weighted by atomic mass is 35.5. The van der Waals surface area contributed by atoms with E-state index >= 15 is 0 Å². The van der Waals surface area contributed by atoms with Crippen molar-refractivity contribution in [1.29, 1.82) is 0 Å². The highest BCUT2D eigenvalue weighted by Crippen LogP contribution is 2.44. The topological polar surface area (TPSA) is 81.9 Å². The molecule has 244 valence electrons. The third-order valence-corrected chi connectivity index (χ3v) is 8.64. The first-order valence-electron chi connectivity index (χ1n) is 14.4. The molecular formula is C33H29ClF6N2O4. The zero-order valence-corrected chi connectivity index (χ0v) is 25.1. The highest BCUT2D eigenvalue weighted by molar-refractivity contribution is 6.31. The van der Waals surface area contributed by atoms with Crippen LogP contribution in [0.2, 0.25) is 5.02 Å². The summed E-state index contributed by atoms with van der Waals surface area (Å²) in [7, 11) is 0. The molecule has 1 heterocycles. The number of carbonyl (C=O) groups excluding carboxylic acids is 2. The third-order valence-electron chi connectivity index (χ3n) is 8.27. The Morgan fingerprint density at radius 1 is 1.00 bits per heavy atom. The Hall–Kier alpha value is -4.03. The largest absolute Gasteiger partial charge is 0.488 e. The maximum absolute atomic E-state index is 13.8. The van der Waals surface area contributed by atoms with Gasteiger partial charge in [-0.2, -0.15) is 17.6 Å². The Balaban J connectivity index is 1.28. The van der Waals surface area contributed by atoms with E-state index in [2.05, 4.69) is 0 Å². The average Bonchev–Trinajstić information content (AvgIpc) is 3.84. The Kier molecular flexibility index (Phi) is 9.69. The fourth-order valence-electron chi connectivity index (χ4n) is 5.52. The average molecular weight is 667 g/mol. The quantitative estimate of drug-likeness (QED) is 0.105. The molecule has 1 saturated carbocycles. The molecule has 46 heavy (non-hydrogen) atoms. The van der Waals surface area contributed by atoms with Gasteiger partial charge in [-0.3, -0.25) is 14.5 Å². The number of ether oxygens (including phenoxy) is 2. The standard InChI is InChI=1S/C33H29ClF6N2O4/c34-25-8-7-22(33(38,39)40)16-21(25)18-46-30(43)24-17-42(32(12-13-32)31(41)44)14-11-23(24)20-5-3-19(4-6-20)2-1-15-45-29-27(36)10-9-26(35)28(29)37/h3-11,16,24H,1-2,12-15,17-18H2,(H2,41,44). The van der Waals surface area contributed by atoms with Crippen molar-refractivity contribution in [2.24, 2.45) is 11.7 Å². The lowest BCUT2D eigenvalue weighted by Gasteiger charge is -2.36. The summed E-state index contributed by atoms with van der Waals surface area (Å²) in [5.74, 6) is -6.46. The van der Waals surface area contributed by atoms with Crippen molar-refractivity contribution in [3.05, 3.63) is 105 Å². The van der Waals surface area contributed by atoms with E-state index in [1.54, 1.807) is 18.2 Å². The van der Waals surface area contributed by atoms with Gasteiger partial charge in [-0.1, -0.05) is 41.9 Å². The van der Waals surface area contributed by atoms with Crippen LogP contribution in [-0.2, 0) is 33.5 Å². The second-order valence-electron chi connectivity index (χ2n) is 11.2. The molecule has 2 N–H and O–H groups in total. The lowest BCUT2D eigenvalue weighted by Crippen LogP contribution is -2.51. The SMILES string of the molecule is NC(=O)C1(N2CC=C(c3ccc(CCCOc4c(F)ccc(F)c4F)cc3)C(C(=O)OCc3cc(C(F)(F)F)ccc3Cl)C2)CC1. The molecule has 1 aliphatic carbocycles. The zero-order valence-electron chi connectivity index (χ0n) is 24.3. The van der Waals surface area contributed by atoms with Gasteiger partial charge < -0.3 is 15.2 Å². The van der Waals surface area contributed by atoms with Crippen molar-refractivity contribution >= 4 is 29.1 Å². The number of hydrogen-bond donors (Lipinski definition) is 1. The molecule has 3 aromatic carbocycles. The molecule has 1 fully saturated rings.